The predicted octanol–water partition coefficient (Wildman–Crippen LogP) is 2.09. The SMILES string of the molecule is CC1CN=C(c2cccnc2)C=C1C(=O)C=CN(C)C. The van der Waals surface area contributed by atoms with Crippen LogP contribution in [0.1, 0.15) is 12.5 Å². The number of pyridine rings is 1. The first kappa shape index (κ1) is 14.2. The van der Waals surface area contributed by atoms with Crippen molar-refractivity contribution in [1.82, 2.24) is 9.88 Å². The summed E-state index contributed by atoms with van der Waals surface area (Å²) in [4.78, 5) is 22.7. The van der Waals surface area contributed by atoms with Crippen LogP contribution in [-0.4, -0.2) is 42.0 Å². The second-order valence-electron chi connectivity index (χ2n) is 5.11. The minimum absolute atomic E-state index is 0.0440. The van der Waals surface area contributed by atoms with Crippen molar-refractivity contribution in [1.29, 1.82) is 0 Å². The zero-order valence-electron chi connectivity index (χ0n) is 12.1. The fraction of sp³-hybridized carbons (Fsp3) is 0.312. The van der Waals surface area contributed by atoms with Crippen molar-refractivity contribution in [3.05, 3.63) is 54.0 Å². The fourth-order valence-corrected chi connectivity index (χ4v) is 1.98. The Morgan fingerprint density at radius 3 is 2.90 bits per heavy atom. The van der Waals surface area contributed by atoms with E-state index in [1.807, 2.05) is 44.1 Å². The Kier molecular flexibility index (Phi) is 4.45. The highest BCUT2D eigenvalue weighted by molar-refractivity contribution is 6.15. The van der Waals surface area contributed by atoms with E-state index in [1.165, 1.54) is 0 Å². The molecule has 4 nitrogen and oxygen atoms in total. The smallest absolute Gasteiger partial charge is 0.183 e. The van der Waals surface area contributed by atoms with Gasteiger partial charge in [0.15, 0.2) is 5.78 Å². The number of carbonyl (C=O) groups is 1. The largest absolute Gasteiger partial charge is 0.383 e. The summed E-state index contributed by atoms with van der Waals surface area (Å²) in [5.74, 6) is 0.192. The molecular formula is C16H19N3O. The average Bonchev–Trinajstić information content (AvgIpc) is 2.46. The molecule has 2 rings (SSSR count). The van der Waals surface area contributed by atoms with E-state index in [-0.39, 0.29) is 11.7 Å². The highest BCUT2D eigenvalue weighted by Gasteiger charge is 2.20. The van der Waals surface area contributed by atoms with Crippen LogP contribution in [0.15, 0.2) is 53.4 Å². The molecule has 1 aromatic heterocycles. The van der Waals surface area contributed by atoms with E-state index in [0.717, 1.165) is 16.8 Å². The Labute approximate surface area is 119 Å². The van der Waals surface area contributed by atoms with Crippen LogP contribution in [0.25, 0.3) is 0 Å². The van der Waals surface area contributed by atoms with Gasteiger partial charge in [0.1, 0.15) is 0 Å². The van der Waals surface area contributed by atoms with Crippen molar-refractivity contribution in [2.45, 2.75) is 6.92 Å². The molecule has 1 aliphatic rings. The van der Waals surface area contributed by atoms with E-state index in [4.69, 9.17) is 0 Å². The lowest BCUT2D eigenvalue weighted by Crippen LogP contribution is -2.19. The Morgan fingerprint density at radius 2 is 2.25 bits per heavy atom. The van der Waals surface area contributed by atoms with Gasteiger partial charge in [0.05, 0.1) is 5.71 Å². The van der Waals surface area contributed by atoms with Gasteiger partial charge in [-0.15, -0.1) is 0 Å². The highest BCUT2D eigenvalue weighted by Crippen LogP contribution is 2.20. The molecule has 1 atom stereocenters. The molecule has 1 aromatic rings. The highest BCUT2D eigenvalue weighted by atomic mass is 16.1. The van der Waals surface area contributed by atoms with Crippen LogP contribution in [0.4, 0.5) is 0 Å². The zero-order valence-corrected chi connectivity index (χ0v) is 12.1. The molecule has 0 aliphatic carbocycles. The first-order chi connectivity index (χ1) is 9.58. The quantitative estimate of drug-likeness (QED) is 0.786. The van der Waals surface area contributed by atoms with Crippen molar-refractivity contribution in [2.24, 2.45) is 10.9 Å². The lowest BCUT2D eigenvalue weighted by molar-refractivity contribution is -0.111. The van der Waals surface area contributed by atoms with Gasteiger partial charge in [-0.25, -0.2) is 0 Å². The Balaban J connectivity index is 2.25. The number of allylic oxidation sites excluding steroid dienone is 2. The standard InChI is InChI=1S/C16H19N3O/c1-12-10-18-15(13-5-4-7-17-11-13)9-14(12)16(20)6-8-19(2)3/h4-9,11-12H,10H2,1-3H3. The maximum atomic E-state index is 12.2. The molecule has 2 heterocycles. The summed E-state index contributed by atoms with van der Waals surface area (Å²) in [6.07, 6.45) is 8.75. The molecule has 0 fully saturated rings. The maximum absolute atomic E-state index is 12.2. The summed E-state index contributed by atoms with van der Waals surface area (Å²) < 4.78 is 0. The van der Waals surface area contributed by atoms with Crippen molar-refractivity contribution in [3.63, 3.8) is 0 Å². The minimum Gasteiger partial charge on any atom is -0.383 e. The second kappa shape index (κ2) is 6.28. The number of dihydropyridines is 1. The lowest BCUT2D eigenvalue weighted by Gasteiger charge is -2.18. The Hall–Kier alpha value is -2.23. The second-order valence-corrected chi connectivity index (χ2v) is 5.11. The number of aliphatic imine (C=N–C) groups is 1. The summed E-state index contributed by atoms with van der Waals surface area (Å²) in [5.41, 5.74) is 2.58. The summed E-state index contributed by atoms with van der Waals surface area (Å²) in [6, 6.07) is 3.83. The molecule has 0 aromatic carbocycles. The number of aromatic nitrogens is 1. The van der Waals surface area contributed by atoms with Crippen LogP contribution in [0, 0.1) is 5.92 Å². The molecule has 0 amide bonds. The van der Waals surface area contributed by atoms with Gasteiger partial charge in [-0.2, -0.15) is 0 Å². The minimum atomic E-state index is 0.0440. The molecule has 4 heteroatoms. The lowest BCUT2D eigenvalue weighted by atomic mass is 9.92. The molecule has 104 valence electrons. The first-order valence-electron chi connectivity index (χ1n) is 6.63. The van der Waals surface area contributed by atoms with Gasteiger partial charge in [-0.1, -0.05) is 6.92 Å². The van der Waals surface area contributed by atoms with Crippen molar-refractivity contribution >= 4 is 11.5 Å². The van der Waals surface area contributed by atoms with Crippen LogP contribution in [-0.2, 0) is 4.79 Å². The maximum Gasteiger partial charge on any atom is 0.183 e. The summed E-state index contributed by atoms with van der Waals surface area (Å²) in [7, 11) is 3.79. The third-order valence-corrected chi connectivity index (χ3v) is 3.12. The monoisotopic (exact) mass is 269 g/mol. The van der Waals surface area contributed by atoms with Gasteiger partial charge in [-0.3, -0.25) is 14.8 Å². The van der Waals surface area contributed by atoms with E-state index in [9.17, 15) is 4.79 Å². The molecule has 0 spiro atoms. The van der Waals surface area contributed by atoms with Gasteiger partial charge in [-0.05, 0) is 18.2 Å². The van der Waals surface area contributed by atoms with E-state index >= 15 is 0 Å². The number of nitrogens with zero attached hydrogens (tertiary/aromatic N) is 3. The Morgan fingerprint density at radius 1 is 1.45 bits per heavy atom. The van der Waals surface area contributed by atoms with E-state index < -0.39 is 0 Å². The van der Waals surface area contributed by atoms with Crippen molar-refractivity contribution in [3.8, 4) is 0 Å². The first-order valence-corrected chi connectivity index (χ1v) is 6.63. The summed E-state index contributed by atoms with van der Waals surface area (Å²) in [5, 5.41) is 0. The third-order valence-electron chi connectivity index (χ3n) is 3.12. The van der Waals surface area contributed by atoms with Crippen LogP contribution < -0.4 is 0 Å². The molecule has 0 bridgehead atoms. The van der Waals surface area contributed by atoms with Crippen LogP contribution in [0.2, 0.25) is 0 Å². The predicted molar refractivity (Wildman–Crippen MR) is 80.7 cm³/mol. The van der Waals surface area contributed by atoms with Crippen molar-refractivity contribution in [2.75, 3.05) is 20.6 Å². The van der Waals surface area contributed by atoms with Gasteiger partial charge in [0, 0.05) is 62.4 Å². The zero-order chi connectivity index (χ0) is 14.5. The number of carbonyl (C=O) groups excluding carboxylic acids is 1. The number of ketones is 1. The average molecular weight is 269 g/mol. The molecule has 1 aliphatic heterocycles. The normalized spacial score (nSPS) is 18.6. The number of hydrogen-bond acceptors (Lipinski definition) is 4. The molecule has 0 radical (unpaired) electrons. The van der Waals surface area contributed by atoms with E-state index in [2.05, 4.69) is 9.98 Å². The Bertz CT molecular complexity index is 571. The molecule has 1 unspecified atom stereocenters. The van der Waals surface area contributed by atoms with Crippen LogP contribution >= 0.6 is 0 Å². The van der Waals surface area contributed by atoms with E-state index in [1.54, 1.807) is 24.7 Å². The van der Waals surface area contributed by atoms with Gasteiger partial charge >= 0.3 is 0 Å². The van der Waals surface area contributed by atoms with Crippen LogP contribution in [0.3, 0.4) is 0 Å². The molecule has 0 saturated carbocycles. The molecule has 20 heavy (non-hydrogen) atoms. The fourth-order valence-electron chi connectivity index (χ4n) is 1.98. The summed E-state index contributed by atoms with van der Waals surface area (Å²) in [6.45, 7) is 2.66. The topological polar surface area (TPSA) is 45.6 Å². The molecule has 0 N–H and O–H groups in total. The molecular weight excluding hydrogens is 250 g/mol. The van der Waals surface area contributed by atoms with Crippen molar-refractivity contribution < 1.29 is 4.79 Å². The van der Waals surface area contributed by atoms with Gasteiger partial charge < -0.3 is 4.90 Å². The van der Waals surface area contributed by atoms with Gasteiger partial charge in [0.25, 0.3) is 0 Å². The van der Waals surface area contributed by atoms with E-state index in [0.29, 0.717) is 6.54 Å². The molecule has 0 saturated heterocycles. The number of hydrogen-bond donors (Lipinski definition) is 0. The summed E-state index contributed by atoms with van der Waals surface area (Å²) >= 11 is 0. The van der Waals surface area contributed by atoms with Crippen LogP contribution in [0.5, 0.6) is 0 Å². The number of rotatable bonds is 4. The van der Waals surface area contributed by atoms with Gasteiger partial charge in [0.2, 0.25) is 0 Å². The third kappa shape index (κ3) is 3.41.